The van der Waals surface area contributed by atoms with Gasteiger partial charge in [-0.05, 0) is 49.4 Å². The molecule has 0 aliphatic carbocycles. The lowest BCUT2D eigenvalue weighted by Crippen LogP contribution is -2.31. The molecule has 1 heterocycles. The summed E-state index contributed by atoms with van der Waals surface area (Å²) in [5.41, 5.74) is 2.62. The monoisotopic (exact) mass is 324 g/mol. The predicted octanol–water partition coefficient (Wildman–Crippen LogP) is 3.23. The Labute approximate surface area is 140 Å². The molecule has 3 nitrogen and oxygen atoms in total. The Kier molecular flexibility index (Phi) is 7.91. The number of carbonyl (C=O) groups is 1. The smallest absolute Gasteiger partial charge is 0.223 e. The molecule has 1 aromatic carbocycles. The van der Waals surface area contributed by atoms with Gasteiger partial charge >= 0.3 is 0 Å². The highest BCUT2D eigenvalue weighted by atomic mass is 35.5. The zero-order valence-electron chi connectivity index (χ0n) is 14.0. The van der Waals surface area contributed by atoms with E-state index in [1.54, 1.807) is 0 Å². The van der Waals surface area contributed by atoms with Crippen molar-refractivity contribution in [2.24, 2.45) is 5.92 Å². The van der Waals surface area contributed by atoms with Crippen LogP contribution in [0.5, 0.6) is 0 Å². The summed E-state index contributed by atoms with van der Waals surface area (Å²) in [6, 6.07) is 8.69. The molecular weight excluding hydrogens is 296 g/mol. The molecule has 1 aliphatic heterocycles. The van der Waals surface area contributed by atoms with Crippen LogP contribution in [-0.4, -0.2) is 37.5 Å². The predicted molar refractivity (Wildman–Crippen MR) is 94.7 cm³/mol. The molecule has 4 heteroatoms. The Morgan fingerprint density at radius 3 is 2.64 bits per heavy atom. The van der Waals surface area contributed by atoms with Crippen LogP contribution in [0.25, 0.3) is 0 Å². The highest BCUT2D eigenvalue weighted by Gasteiger charge is 2.26. The van der Waals surface area contributed by atoms with Gasteiger partial charge in [-0.2, -0.15) is 0 Å². The fourth-order valence-corrected chi connectivity index (χ4v) is 3.11. The first-order valence-corrected chi connectivity index (χ1v) is 8.15. The molecule has 2 atom stereocenters. The number of amides is 1. The standard InChI is InChI=1S/C18H28N2O.ClH/c1-4-15-5-7-17(8-6-15)14(2)11-18(21)20-10-9-16(13-20)12-19-3;/h5-8,14,16,19H,4,9-13H2,1-3H3;1H. The van der Waals surface area contributed by atoms with Crippen LogP contribution in [-0.2, 0) is 11.2 Å². The minimum atomic E-state index is 0. The molecular formula is C18H29ClN2O. The van der Waals surface area contributed by atoms with Gasteiger partial charge in [0.25, 0.3) is 0 Å². The summed E-state index contributed by atoms with van der Waals surface area (Å²) in [5.74, 6) is 1.23. The third-order valence-corrected chi connectivity index (χ3v) is 4.57. The summed E-state index contributed by atoms with van der Waals surface area (Å²) < 4.78 is 0. The Morgan fingerprint density at radius 2 is 2.05 bits per heavy atom. The SMILES string of the molecule is CCc1ccc(C(C)CC(=O)N2CCC(CNC)C2)cc1.Cl. The zero-order chi connectivity index (χ0) is 15.2. The normalized spacial score (nSPS) is 18.9. The van der Waals surface area contributed by atoms with E-state index in [0.29, 0.717) is 24.2 Å². The lowest BCUT2D eigenvalue weighted by molar-refractivity contribution is -0.130. The molecule has 0 aromatic heterocycles. The summed E-state index contributed by atoms with van der Waals surface area (Å²) in [4.78, 5) is 14.4. The van der Waals surface area contributed by atoms with Crippen molar-refractivity contribution in [2.75, 3.05) is 26.7 Å². The van der Waals surface area contributed by atoms with Gasteiger partial charge in [-0.25, -0.2) is 0 Å². The van der Waals surface area contributed by atoms with Crippen molar-refractivity contribution in [1.82, 2.24) is 10.2 Å². The fraction of sp³-hybridized carbons (Fsp3) is 0.611. The number of carbonyl (C=O) groups excluding carboxylic acids is 1. The van der Waals surface area contributed by atoms with Crippen LogP contribution in [0.15, 0.2) is 24.3 Å². The van der Waals surface area contributed by atoms with Crippen LogP contribution in [0.2, 0.25) is 0 Å². The van der Waals surface area contributed by atoms with Gasteiger partial charge in [0.05, 0.1) is 0 Å². The Bertz CT molecular complexity index is 461. The molecule has 1 aromatic rings. The number of nitrogens with one attached hydrogen (secondary N) is 1. The number of hydrogen-bond donors (Lipinski definition) is 1. The minimum absolute atomic E-state index is 0. The molecule has 1 N–H and O–H groups in total. The van der Waals surface area contributed by atoms with Crippen molar-refractivity contribution >= 4 is 18.3 Å². The summed E-state index contributed by atoms with van der Waals surface area (Å²) in [6.07, 6.45) is 2.82. The molecule has 0 spiro atoms. The summed E-state index contributed by atoms with van der Waals surface area (Å²) in [5, 5.41) is 3.21. The third-order valence-electron chi connectivity index (χ3n) is 4.57. The maximum atomic E-state index is 12.4. The quantitative estimate of drug-likeness (QED) is 0.871. The molecule has 22 heavy (non-hydrogen) atoms. The van der Waals surface area contributed by atoms with Crippen LogP contribution in [0, 0.1) is 5.92 Å². The molecule has 124 valence electrons. The van der Waals surface area contributed by atoms with E-state index in [0.717, 1.165) is 32.5 Å². The number of likely N-dealkylation sites (tertiary alicyclic amines) is 1. The topological polar surface area (TPSA) is 32.3 Å². The summed E-state index contributed by atoms with van der Waals surface area (Å²) >= 11 is 0. The van der Waals surface area contributed by atoms with Crippen LogP contribution in [0.4, 0.5) is 0 Å². The van der Waals surface area contributed by atoms with Crippen molar-refractivity contribution in [1.29, 1.82) is 0 Å². The van der Waals surface area contributed by atoms with E-state index in [1.165, 1.54) is 11.1 Å². The number of aryl methyl sites for hydroxylation is 1. The van der Waals surface area contributed by atoms with Gasteiger partial charge in [-0.3, -0.25) is 4.79 Å². The van der Waals surface area contributed by atoms with Gasteiger partial charge in [0.2, 0.25) is 5.91 Å². The van der Waals surface area contributed by atoms with Crippen molar-refractivity contribution in [3.05, 3.63) is 35.4 Å². The largest absolute Gasteiger partial charge is 0.342 e. The van der Waals surface area contributed by atoms with E-state index >= 15 is 0 Å². The second-order valence-corrected chi connectivity index (χ2v) is 6.25. The van der Waals surface area contributed by atoms with Crippen molar-refractivity contribution in [3.8, 4) is 0 Å². The molecule has 2 rings (SSSR count). The molecule has 2 unspecified atom stereocenters. The first-order chi connectivity index (χ1) is 10.1. The van der Waals surface area contributed by atoms with Crippen LogP contribution in [0.1, 0.15) is 43.7 Å². The fourth-order valence-electron chi connectivity index (χ4n) is 3.11. The zero-order valence-corrected chi connectivity index (χ0v) is 14.8. The lowest BCUT2D eigenvalue weighted by Gasteiger charge is -2.19. The molecule has 1 amide bonds. The highest BCUT2D eigenvalue weighted by molar-refractivity contribution is 5.85. The number of hydrogen-bond acceptors (Lipinski definition) is 2. The summed E-state index contributed by atoms with van der Waals surface area (Å²) in [7, 11) is 1.98. The van der Waals surface area contributed by atoms with Gasteiger partial charge in [0.1, 0.15) is 0 Å². The average Bonchev–Trinajstić information content (AvgIpc) is 2.96. The van der Waals surface area contributed by atoms with E-state index < -0.39 is 0 Å². The van der Waals surface area contributed by atoms with Crippen molar-refractivity contribution in [2.45, 2.75) is 39.0 Å². The Hall–Kier alpha value is -1.06. The molecule has 1 aliphatic rings. The van der Waals surface area contributed by atoms with Gasteiger partial charge in [0, 0.05) is 19.5 Å². The minimum Gasteiger partial charge on any atom is -0.342 e. The van der Waals surface area contributed by atoms with E-state index in [1.807, 2.05) is 11.9 Å². The third kappa shape index (κ3) is 4.99. The molecule has 1 saturated heterocycles. The lowest BCUT2D eigenvalue weighted by atomic mass is 9.96. The van der Waals surface area contributed by atoms with Crippen molar-refractivity contribution < 1.29 is 4.79 Å². The van der Waals surface area contributed by atoms with Gasteiger partial charge in [-0.15, -0.1) is 12.4 Å². The number of benzene rings is 1. The molecule has 0 saturated carbocycles. The van der Waals surface area contributed by atoms with Crippen LogP contribution in [0.3, 0.4) is 0 Å². The second kappa shape index (κ2) is 9.16. The first-order valence-electron chi connectivity index (χ1n) is 8.15. The summed E-state index contributed by atoms with van der Waals surface area (Å²) in [6.45, 7) is 7.17. The van der Waals surface area contributed by atoms with Gasteiger partial charge in [0.15, 0.2) is 0 Å². The number of nitrogens with zero attached hydrogens (tertiary/aromatic N) is 1. The average molecular weight is 325 g/mol. The van der Waals surface area contributed by atoms with Crippen molar-refractivity contribution in [3.63, 3.8) is 0 Å². The highest BCUT2D eigenvalue weighted by Crippen LogP contribution is 2.23. The van der Waals surface area contributed by atoms with E-state index in [4.69, 9.17) is 0 Å². The van der Waals surface area contributed by atoms with Gasteiger partial charge in [-0.1, -0.05) is 38.1 Å². The first kappa shape index (κ1) is 19.0. The number of rotatable bonds is 6. The Balaban J connectivity index is 0.00000242. The Morgan fingerprint density at radius 1 is 1.36 bits per heavy atom. The van der Waals surface area contributed by atoms with Crippen LogP contribution < -0.4 is 5.32 Å². The maximum absolute atomic E-state index is 12.4. The van der Waals surface area contributed by atoms with Crippen LogP contribution >= 0.6 is 12.4 Å². The number of halogens is 1. The van der Waals surface area contributed by atoms with Gasteiger partial charge < -0.3 is 10.2 Å². The molecule has 1 fully saturated rings. The maximum Gasteiger partial charge on any atom is 0.223 e. The molecule has 0 bridgehead atoms. The van der Waals surface area contributed by atoms with E-state index in [9.17, 15) is 4.79 Å². The second-order valence-electron chi connectivity index (χ2n) is 6.25. The van der Waals surface area contributed by atoms with E-state index in [-0.39, 0.29) is 12.4 Å². The van der Waals surface area contributed by atoms with E-state index in [2.05, 4.69) is 43.4 Å². The molecule has 0 radical (unpaired) electrons.